The van der Waals surface area contributed by atoms with Crippen molar-refractivity contribution in [1.82, 2.24) is 0 Å². The van der Waals surface area contributed by atoms with Crippen molar-refractivity contribution < 1.29 is 0 Å². The molecule has 0 aromatic carbocycles. The molecule has 0 aliphatic heterocycles. The summed E-state index contributed by atoms with van der Waals surface area (Å²) in [7, 11) is 0. The molecule has 0 nitrogen and oxygen atoms in total. The zero-order valence-corrected chi connectivity index (χ0v) is 9.72. The van der Waals surface area contributed by atoms with Crippen LogP contribution in [0.15, 0.2) is 12.2 Å². The molecule has 0 aromatic heterocycles. The molecule has 64 valence electrons. The van der Waals surface area contributed by atoms with Gasteiger partial charge in [0.25, 0.3) is 0 Å². The van der Waals surface area contributed by atoms with E-state index in [9.17, 15) is 0 Å². The highest BCUT2D eigenvalue weighted by Gasteiger charge is 2.42. The molecular formula is C10H17I. The van der Waals surface area contributed by atoms with Crippen LogP contribution in [0.1, 0.15) is 39.5 Å². The van der Waals surface area contributed by atoms with Crippen molar-refractivity contribution in [3.8, 4) is 0 Å². The van der Waals surface area contributed by atoms with Crippen LogP contribution in [-0.2, 0) is 0 Å². The predicted molar refractivity (Wildman–Crippen MR) is 59.2 cm³/mol. The first-order valence-electron chi connectivity index (χ1n) is 4.32. The summed E-state index contributed by atoms with van der Waals surface area (Å²) in [5, 5.41) is 0. The van der Waals surface area contributed by atoms with Crippen LogP contribution >= 0.6 is 24.0 Å². The van der Waals surface area contributed by atoms with Crippen LogP contribution in [0, 0.1) is 10.8 Å². The summed E-state index contributed by atoms with van der Waals surface area (Å²) in [5.74, 6) is 0. The van der Waals surface area contributed by atoms with Crippen molar-refractivity contribution in [2.75, 3.05) is 0 Å². The van der Waals surface area contributed by atoms with Crippen molar-refractivity contribution >= 4 is 24.0 Å². The summed E-state index contributed by atoms with van der Waals surface area (Å²) in [6.07, 6.45) is 10.6. The van der Waals surface area contributed by atoms with Crippen molar-refractivity contribution in [1.29, 1.82) is 0 Å². The van der Waals surface area contributed by atoms with Gasteiger partial charge in [-0.1, -0.05) is 26.0 Å². The van der Waals surface area contributed by atoms with Gasteiger partial charge in [-0.3, -0.25) is 0 Å². The molecule has 1 heteroatoms. The monoisotopic (exact) mass is 264 g/mol. The molecule has 2 aliphatic rings. The van der Waals surface area contributed by atoms with E-state index in [1.165, 1.54) is 25.7 Å². The summed E-state index contributed by atoms with van der Waals surface area (Å²) in [5.41, 5.74) is 1.20. The topological polar surface area (TPSA) is 0 Å². The lowest BCUT2D eigenvalue weighted by molar-refractivity contribution is 0.350. The van der Waals surface area contributed by atoms with E-state index < -0.39 is 0 Å². The van der Waals surface area contributed by atoms with Crippen molar-refractivity contribution in [3.63, 3.8) is 0 Å². The van der Waals surface area contributed by atoms with E-state index in [4.69, 9.17) is 0 Å². The third-order valence-electron chi connectivity index (χ3n) is 3.05. The Morgan fingerprint density at radius 2 is 1.45 bits per heavy atom. The smallest absolute Gasteiger partial charge is 0.0117 e. The van der Waals surface area contributed by atoms with E-state index in [0.29, 0.717) is 10.8 Å². The van der Waals surface area contributed by atoms with Crippen LogP contribution < -0.4 is 0 Å². The Balaban J connectivity index is 0.000000605. The number of hydrogen-bond acceptors (Lipinski definition) is 0. The Morgan fingerprint density at radius 1 is 0.909 bits per heavy atom. The maximum atomic E-state index is 2.47. The van der Waals surface area contributed by atoms with Gasteiger partial charge in [-0.05, 0) is 36.5 Å². The number of hydrogen-bond donors (Lipinski definition) is 0. The lowest BCUT2D eigenvalue weighted by Gasteiger charge is -2.28. The molecule has 1 saturated carbocycles. The highest BCUT2D eigenvalue weighted by molar-refractivity contribution is 14.0. The molecule has 0 heterocycles. The number of rotatable bonds is 0. The highest BCUT2D eigenvalue weighted by Crippen LogP contribution is 2.55. The minimum absolute atomic E-state index is 0. The van der Waals surface area contributed by atoms with Crippen LogP contribution in [-0.4, -0.2) is 0 Å². The zero-order chi connectivity index (χ0) is 7.24. The fraction of sp³-hybridized carbons (Fsp3) is 0.800. The largest absolute Gasteiger partial charge is 0.107 e. The third kappa shape index (κ3) is 1.98. The quantitative estimate of drug-likeness (QED) is 0.461. The van der Waals surface area contributed by atoms with Crippen molar-refractivity contribution in [2.24, 2.45) is 10.8 Å². The van der Waals surface area contributed by atoms with Gasteiger partial charge in [0.2, 0.25) is 0 Å². The van der Waals surface area contributed by atoms with E-state index in [0.717, 1.165) is 0 Å². The molecule has 0 N–H and O–H groups in total. The summed E-state index contributed by atoms with van der Waals surface area (Å²) >= 11 is 0. The molecular weight excluding hydrogens is 247 g/mol. The van der Waals surface area contributed by atoms with Gasteiger partial charge >= 0.3 is 0 Å². The lowest BCUT2D eigenvalue weighted by atomic mass is 9.77. The van der Waals surface area contributed by atoms with E-state index in [2.05, 4.69) is 26.0 Å². The van der Waals surface area contributed by atoms with Crippen LogP contribution in [0.4, 0.5) is 0 Å². The Hall–Kier alpha value is 0.470. The Labute approximate surface area is 86.5 Å². The SMILES string of the molecule is CC1(C)C=CC2(CC1)CC2.I. The summed E-state index contributed by atoms with van der Waals surface area (Å²) in [6, 6.07) is 0. The fourth-order valence-corrected chi connectivity index (χ4v) is 1.72. The summed E-state index contributed by atoms with van der Waals surface area (Å²) in [4.78, 5) is 0. The summed E-state index contributed by atoms with van der Waals surface area (Å²) < 4.78 is 0. The maximum Gasteiger partial charge on any atom is -0.0117 e. The van der Waals surface area contributed by atoms with Crippen LogP contribution in [0.5, 0.6) is 0 Å². The second-order valence-electron chi connectivity index (χ2n) is 4.68. The van der Waals surface area contributed by atoms with Gasteiger partial charge in [0, 0.05) is 0 Å². The molecule has 0 saturated heterocycles. The average Bonchev–Trinajstić information content (AvgIpc) is 2.60. The van der Waals surface area contributed by atoms with Gasteiger partial charge in [0.15, 0.2) is 0 Å². The molecule has 0 bridgehead atoms. The minimum atomic E-state index is 0. The highest BCUT2D eigenvalue weighted by atomic mass is 127. The average molecular weight is 264 g/mol. The predicted octanol–water partition coefficient (Wildman–Crippen LogP) is 3.76. The molecule has 11 heavy (non-hydrogen) atoms. The van der Waals surface area contributed by atoms with E-state index in [-0.39, 0.29) is 24.0 Å². The van der Waals surface area contributed by atoms with Gasteiger partial charge in [-0.2, -0.15) is 0 Å². The van der Waals surface area contributed by atoms with Crippen LogP contribution in [0.2, 0.25) is 0 Å². The molecule has 1 fully saturated rings. The third-order valence-corrected chi connectivity index (χ3v) is 3.05. The lowest BCUT2D eigenvalue weighted by Crippen LogP contribution is -2.15. The minimum Gasteiger partial charge on any atom is -0.107 e. The van der Waals surface area contributed by atoms with Gasteiger partial charge in [-0.15, -0.1) is 24.0 Å². The molecule has 0 aromatic rings. The Kier molecular flexibility index (Phi) is 2.39. The standard InChI is InChI=1S/C10H16.HI/c1-9(2)3-5-10(6-4-9)7-8-10;/h3,5H,4,6-8H2,1-2H3;1H. The van der Waals surface area contributed by atoms with Crippen molar-refractivity contribution in [3.05, 3.63) is 12.2 Å². The maximum absolute atomic E-state index is 2.47. The van der Waals surface area contributed by atoms with E-state index >= 15 is 0 Å². The zero-order valence-electron chi connectivity index (χ0n) is 7.39. The summed E-state index contributed by atoms with van der Waals surface area (Å²) in [6.45, 7) is 4.66. The fourth-order valence-electron chi connectivity index (χ4n) is 1.72. The first kappa shape index (κ1) is 9.56. The van der Waals surface area contributed by atoms with Crippen LogP contribution in [0.25, 0.3) is 0 Å². The first-order chi connectivity index (χ1) is 4.62. The van der Waals surface area contributed by atoms with Gasteiger partial charge in [-0.25, -0.2) is 0 Å². The Morgan fingerprint density at radius 3 is 1.82 bits per heavy atom. The molecule has 2 rings (SSSR count). The second kappa shape index (κ2) is 2.75. The molecule has 0 unspecified atom stereocenters. The van der Waals surface area contributed by atoms with E-state index in [1.807, 2.05) is 0 Å². The molecule has 0 amide bonds. The first-order valence-corrected chi connectivity index (χ1v) is 4.32. The van der Waals surface area contributed by atoms with E-state index in [1.54, 1.807) is 0 Å². The second-order valence-corrected chi connectivity index (χ2v) is 4.68. The molecule has 1 spiro atoms. The van der Waals surface area contributed by atoms with Gasteiger partial charge in [0.05, 0.1) is 0 Å². The van der Waals surface area contributed by atoms with Crippen molar-refractivity contribution in [2.45, 2.75) is 39.5 Å². The van der Waals surface area contributed by atoms with Crippen LogP contribution in [0.3, 0.4) is 0 Å². The normalized spacial score (nSPS) is 29.6. The number of halogens is 1. The van der Waals surface area contributed by atoms with Gasteiger partial charge in [0.1, 0.15) is 0 Å². The molecule has 0 radical (unpaired) electrons. The Bertz CT molecular complexity index is 167. The molecule has 0 atom stereocenters. The molecule has 2 aliphatic carbocycles. The van der Waals surface area contributed by atoms with Gasteiger partial charge < -0.3 is 0 Å². The number of allylic oxidation sites excluding steroid dienone is 2.